The number of hydrogen-bond donors (Lipinski definition) is 0. The van der Waals surface area contributed by atoms with Crippen molar-refractivity contribution in [2.24, 2.45) is 0 Å². The number of carbonyl (C=O) groups is 1. The van der Waals surface area contributed by atoms with Crippen molar-refractivity contribution < 1.29 is 22.0 Å². The van der Waals surface area contributed by atoms with Crippen LogP contribution in [0, 0.1) is 0 Å². The van der Waals surface area contributed by atoms with Gasteiger partial charge in [0.05, 0.1) is 10.9 Å². The highest BCUT2D eigenvalue weighted by Gasteiger charge is 2.27. The number of amides is 1. The van der Waals surface area contributed by atoms with E-state index in [-0.39, 0.29) is 17.5 Å². The van der Waals surface area contributed by atoms with E-state index in [0.29, 0.717) is 0 Å². The van der Waals surface area contributed by atoms with Crippen LogP contribution in [0.1, 0.15) is 28.9 Å². The van der Waals surface area contributed by atoms with Crippen LogP contribution in [0.15, 0.2) is 59.5 Å². The molecule has 2 aromatic rings. The molecule has 2 aromatic carbocycles. The van der Waals surface area contributed by atoms with Crippen LogP contribution in [0.4, 0.5) is 8.78 Å². The molecular formula is C17H17F2NO3S. The van der Waals surface area contributed by atoms with Crippen LogP contribution in [0.3, 0.4) is 0 Å². The number of alkyl halides is 2. The molecule has 0 saturated carbocycles. The van der Waals surface area contributed by atoms with E-state index in [9.17, 15) is 22.0 Å². The summed E-state index contributed by atoms with van der Waals surface area (Å²) in [6.07, 6.45) is 0. The predicted octanol–water partition coefficient (Wildman–Crippen LogP) is 3.52. The minimum Gasteiger partial charge on any atom is -0.335 e. The number of sulfone groups is 1. The maximum absolute atomic E-state index is 12.5. The normalized spacial score (nSPS) is 12.9. The fourth-order valence-electron chi connectivity index (χ4n) is 2.22. The number of hydrogen-bond acceptors (Lipinski definition) is 3. The summed E-state index contributed by atoms with van der Waals surface area (Å²) < 4.78 is 47.8. The summed E-state index contributed by atoms with van der Waals surface area (Å²) in [5.41, 5.74) is 1.18. The van der Waals surface area contributed by atoms with Crippen LogP contribution in [-0.4, -0.2) is 32.0 Å². The lowest BCUT2D eigenvalue weighted by molar-refractivity contribution is 0.0742. The van der Waals surface area contributed by atoms with Crippen LogP contribution >= 0.6 is 0 Å². The van der Waals surface area contributed by atoms with E-state index < -0.39 is 20.5 Å². The van der Waals surface area contributed by atoms with E-state index in [1.807, 2.05) is 37.3 Å². The van der Waals surface area contributed by atoms with Gasteiger partial charge in [-0.25, -0.2) is 8.42 Å². The van der Waals surface area contributed by atoms with Crippen LogP contribution in [0.2, 0.25) is 0 Å². The van der Waals surface area contributed by atoms with Crippen molar-refractivity contribution >= 4 is 15.7 Å². The molecule has 128 valence electrons. The molecule has 0 bridgehead atoms. The first kappa shape index (κ1) is 18.1. The Labute approximate surface area is 139 Å². The summed E-state index contributed by atoms with van der Waals surface area (Å²) >= 11 is 0. The molecule has 2 rings (SSSR count). The molecule has 0 aliphatic rings. The van der Waals surface area contributed by atoms with Crippen molar-refractivity contribution in [2.45, 2.75) is 23.6 Å². The van der Waals surface area contributed by atoms with Gasteiger partial charge in [0, 0.05) is 12.6 Å². The van der Waals surface area contributed by atoms with Gasteiger partial charge in [0.2, 0.25) is 9.84 Å². The fraction of sp³-hybridized carbons (Fsp3) is 0.235. The summed E-state index contributed by atoms with van der Waals surface area (Å²) in [6, 6.07) is 13.7. The molecule has 24 heavy (non-hydrogen) atoms. The zero-order chi connectivity index (χ0) is 17.9. The molecule has 1 unspecified atom stereocenters. The lowest BCUT2D eigenvalue weighted by Gasteiger charge is -2.25. The van der Waals surface area contributed by atoms with Gasteiger partial charge in [0.15, 0.2) is 0 Å². The van der Waals surface area contributed by atoms with Gasteiger partial charge in [0.1, 0.15) is 0 Å². The Bertz CT molecular complexity index is 805. The lowest BCUT2D eigenvalue weighted by atomic mass is 10.1. The van der Waals surface area contributed by atoms with E-state index >= 15 is 0 Å². The first-order valence-corrected chi connectivity index (χ1v) is 8.74. The number of nitrogens with zero attached hydrogens (tertiary/aromatic N) is 1. The third-order valence-corrected chi connectivity index (χ3v) is 5.25. The van der Waals surface area contributed by atoms with Gasteiger partial charge in [-0.3, -0.25) is 4.79 Å². The molecule has 0 radical (unpaired) electrons. The Kier molecular flexibility index (Phi) is 5.33. The third-order valence-electron chi connectivity index (χ3n) is 3.85. The van der Waals surface area contributed by atoms with Crippen molar-refractivity contribution in [3.05, 3.63) is 65.7 Å². The van der Waals surface area contributed by atoms with Crippen molar-refractivity contribution in [1.29, 1.82) is 0 Å². The summed E-state index contributed by atoms with van der Waals surface area (Å²) in [7, 11) is -3.03. The Morgan fingerprint density at radius 3 is 2.04 bits per heavy atom. The highest BCUT2D eigenvalue weighted by molar-refractivity contribution is 7.91. The predicted molar refractivity (Wildman–Crippen MR) is 86.6 cm³/mol. The smallest absolute Gasteiger partial charge is 0.335 e. The average molecular weight is 353 g/mol. The second-order valence-corrected chi connectivity index (χ2v) is 7.25. The van der Waals surface area contributed by atoms with Gasteiger partial charge in [0.25, 0.3) is 5.91 Å². The second-order valence-electron chi connectivity index (χ2n) is 5.33. The van der Waals surface area contributed by atoms with E-state index in [4.69, 9.17) is 0 Å². The molecule has 7 heteroatoms. The van der Waals surface area contributed by atoms with Crippen molar-refractivity contribution in [3.8, 4) is 0 Å². The SMILES string of the molecule is CC(c1ccccc1)N(C)C(=O)c1ccc(S(=O)(=O)C(F)F)cc1. The maximum atomic E-state index is 12.5. The number of rotatable bonds is 5. The van der Waals surface area contributed by atoms with E-state index in [0.717, 1.165) is 17.7 Å². The molecule has 0 spiro atoms. The van der Waals surface area contributed by atoms with Gasteiger partial charge in [-0.15, -0.1) is 0 Å². The fourth-order valence-corrected chi connectivity index (χ4v) is 2.95. The van der Waals surface area contributed by atoms with Crippen LogP contribution in [0.5, 0.6) is 0 Å². The topological polar surface area (TPSA) is 54.5 Å². The number of carbonyl (C=O) groups excluding carboxylic acids is 1. The summed E-state index contributed by atoms with van der Waals surface area (Å²) in [6.45, 7) is 1.86. The van der Waals surface area contributed by atoms with Gasteiger partial charge in [-0.05, 0) is 36.8 Å². The van der Waals surface area contributed by atoms with Crippen LogP contribution in [0.25, 0.3) is 0 Å². The molecule has 0 aliphatic carbocycles. The molecule has 4 nitrogen and oxygen atoms in total. The highest BCUT2D eigenvalue weighted by atomic mass is 32.2. The Morgan fingerprint density at radius 2 is 1.54 bits per heavy atom. The minimum atomic E-state index is -4.66. The summed E-state index contributed by atoms with van der Waals surface area (Å²) in [4.78, 5) is 13.5. The number of benzene rings is 2. The van der Waals surface area contributed by atoms with Crippen molar-refractivity contribution in [3.63, 3.8) is 0 Å². The van der Waals surface area contributed by atoms with Gasteiger partial charge in [-0.2, -0.15) is 8.78 Å². The number of halogens is 2. The second kappa shape index (κ2) is 7.09. The molecule has 0 fully saturated rings. The van der Waals surface area contributed by atoms with E-state index in [2.05, 4.69) is 0 Å². The van der Waals surface area contributed by atoms with Crippen molar-refractivity contribution in [1.82, 2.24) is 4.90 Å². The Morgan fingerprint density at radius 1 is 1.00 bits per heavy atom. The molecule has 1 atom stereocenters. The Hall–Kier alpha value is -2.28. The van der Waals surface area contributed by atoms with Gasteiger partial charge >= 0.3 is 5.76 Å². The molecule has 0 aliphatic heterocycles. The van der Waals surface area contributed by atoms with Gasteiger partial charge in [-0.1, -0.05) is 30.3 Å². The van der Waals surface area contributed by atoms with E-state index in [1.165, 1.54) is 17.0 Å². The van der Waals surface area contributed by atoms with E-state index in [1.54, 1.807) is 7.05 Å². The highest BCUT2D eigenvalue weighted by Crippen LogP contribution is 2.22. The quantitative estimate of drug-likeness (QED) is 0.826. The zero-order valence-electron chi connectivity index (χ0n) is 13.2. The maximum Gasteiger partial charge on any atom is 0.341 e. The first-order chi connectivity index (χ1) is 11.2. The Balaban J connectivity index is 2.21. The molecule has 1 amide bonds. The lowest BCUT2D eigenvalue weighted by Crippen LogP contribution is -2.29. The standard InChI is InChI=1S/C17H17F2NO3S/c1-12(13-6-4-3-5-7-13)20(2)16(21)14-8-10-15(11-9-14)24(22,23)17(18)19/h3-12,17H,1-2H3. The third kappa shape index (κ3) is 3.62. The minimum absolute atomic E-state index is 0.192. The summed E-state index contributed by atoms with van der Waals surface area (Å²) in [5.74, 6) is -3.81. The van der Waals surface area contributed by atoms with Crippen molar-refractivity contribution in [2.75, 3.05) is 7.05 Å². The molecule has 0 heterocycles. The van der Waals surface area contributed by atoms with Crippen LogP contribution in [-0.2, 0) is 9.84 Å². The largest absolute Gasteiger partial charge is 0.341 e. The molecular weight excluding hydrogens is 336 g/mol. The monoisotopic (exact) mass is 353 g/mol. The van der Waals surface area contributed by atoms with Gasteiger partial charge < -0.3 is 4.90 Å². The van der Waals surface area contributed by atoms with Crippen LogP contribution < -0.4 is 0 Å². The first-order valence-electron chi connectivity index (χ1n) is 7.19. The molecule has 0 N–H and O–H groups in total. The molecule has 0 saturated heterocycles. The average Bonchev–Trinajstić information content (AvgIpc) is 2.60. The zero-order valence-corrected chi connectivity index (χ0v) is 14.0. The molecule has 0 aromatic heterocycles. The summed E-state index contributed by atoms with van der Waals surface area (Å²) in [5, 5.41) is 0.